The Labute approximate surface area is 147 Å². The Kier molecular flexibility index (Phi) is 4.47. The Morgan fingerprint density at radius 1 is 1.20 bits per heavy atom. The van der Waals surface area contributed by atoms with Crippen molar-refractivity contribution in [1.29, 1.82) is 0 Å². The molecule has 1 aromatic carbocycles. The maximum Gasteiger partial charge on any atom is 0.426 e. The zero-order chi connectivity index (χ0) is 18.0. The molecular formula is C14H11ClN4O5S. The predicted molar refractivity (Wildman–Crippen MR) is 87.3 cm³/mol. The molecule has 0 spiro atoms. The molecule has 0 radical (unpaired) electrons. The summed E-state index contributed by atoms with van der Waals surface area (Å²) in [5.41, 5.74) is 0.169. The summed E-state index contributed by atoms with van der Waals surface area (Å²) in [6.45, 7) is 0. The molecule has 3 rings (SSSR count). The van der Waals surface area contributed by atoms with Gasteiger partial charge in [-0.15, -0.1) is 5.10 Å². The van der Waals surface area contributed by atoms with Gasteiger partial charge in [-0.2, -0.15) is 12.9 Å². The standard InChI is InChI=1S/C14H11ClN4O5S/c1-23-11-8-7-10-16-12(15)13(19(10)17-11)25(21,22)18-14(20)24-9-5-3-2-4-6-9/h2-8H,1H3,(H,18,20). The minimum absolute atomic E-state index is 0.143. The predicted octanol–water partition coefficient (Wildman–Crippen LogP) is 1.87. The lowest BCUT2D eigenvalue weighted by molar-refractivity contribution is 0.206. The molecule has 1 N–H and O–H groups in total. The van der Waals surface area contributed by atoms with E-state index in [2.05, 4.69) is 10.1 Å². The number of rotatable bonds is 4. The van der Waals surface area contributed by atoms with Crippen LogP contribution in [-0.2, 0) is 10.0 Å². The molecule has 25 heavy (non-hydrogen) atoms. The molecule has 0 bridgehead atoms. The highest BCUT2D eigenvalue weighted by molar-refractivity contribution is 7.90. The van der Waals surface area contributed by atoms with Crippen molar-refractivity contribution in [3.63, 3.8) is 0 Å². The molecule has 11 heteroatoms. The summed E-state index contributed by atoms with van der Waals surface area (Å²) < 4.78 is 37.5. The van der Waals surface area contributed by atoms with E-state index in [9.17, 15) is 13.2 Å². The van der Waals surface area contributed by atoms with Gasteiger partial charge in [-0.3, -0.25) is 0 Å². The van der Waals surface area contributed by atoms with Crippen LogP contribution in [0.2, 0.25) is 5.15 Å². The molecule has 9 nitrogen and oxygen atoms in total. The molecule has 2 heterocycles. The lowest BCUT2D eigenvalue weighted by Crippen LogP contribution is -2.34. The number of hydrogen-bond donors (Lipinski definition) is 1. The van der Waals surface area contributed by atoms with Gasteiger partial charge in [-0.05, 0) is 18.2 Å². The number of nitrogens with one attached hydrogen (secondary N) is 1. The largest absolute Gasteiger partial charge is 0.480 e. The Bertz CT molecular complexity index is 1040. The van der Waals surface area contributed by atoms with Crippen LogP contribution in [-0.4, -0.2) is 36.2 Å². The maximum atomic E-state index is 12.5. The lowest BCUT2D eigenvalue weighted by atomic mass is 10.3. The van der Waals surface area contributed by atoms with E-state index in [0.717, 1.165) is 4.52 Å². The Morgan fingerprint density at radius 2 is 1.92 bits per heavy atom. The van der Waals surface area contributed by atoms with Crippen molar-refractivity contribution >= 4 is 33.4 Å². The molecule has 130 valence electrons. The molecule has 0 unspecified atom stereocenters. The number of fused-ring (bicyclic) bond motifs is 1. The first kappa shape index (κ1) is 17.0. The van der Waals surface area contributed by atoms with E-state index in [0.29, 0.717) is 0 Å². The normalized spacial score (nSPS) is 11.3. The molecule has 0 saturated carbocycles. The van der Waals surface area contributed by atoms with Crippen LogP contribution in [0.15, 0.2) is 47.5 Å². The number of carbonyl (C=O) groups is 1. The van der Waals surface area contributed by atoms with E-state index in [1.54, 1.807) is 22.9 Å². The number of carbonyl (C=O) groups excluding carboxylic acids is 1. The van der Waals surface area contributed by atoms with Crippen LogP contribution in [0.1, 0.15) is 0 Å². The van der Waals surface area contributed by atoms with Crippen molar-refractivity contribution in [2.45, 2.75) is 5.03 Å². The van der Waals surface area contributed by atoms with Crippen LogP contribution < -0.4 is 14.2 Å². The third-order valence-corrected chi connectivity index (χ3v) is 4.69. The fraction of sp³-hybridized carbons (Fsp3) is 0.0714. The number of para-hydroxylation sites is 1. The molecule has 2 aromatic heterocycles. The summed E-state index contributed by atoms with van der Waals surface area (Å²) in [7, 11) is -3.02. The van der Waals surface area contributed by atoms with E-state index in [-0.39, 0.29) is 22.4 Å². The topological polar surface area (TPSA) is 112 Å². The second-order valence-corrected chi connectivity index (χ2v) is 6.62. The van der Waals surface area contributed by atoms with Gasteiger partial charge in [0.05, 0.1) is 7.11 Å². The average molecular weight is 383 g/mol. The molecule has 0 fully saturated rings. The van der Waals surface area contributed by atoms with Crippen molar-refractivity contribution in [2.75, 3.05) is 7.11 Å². The Balaban J connectivity index is 1.93. The van der Waals surface area contributed by atoms with Gasteiger partial charge in [0.15, 0.2) is 10.8 Å². The van der Waals surface area contributed by atoms with Gasteiger partial charge in [0.25, 0.3) is 10.0 Å². The van der Waals surface area contributed by atoms with Crippen LogP contribution in [0.4, 0.5) is 4.79 Å². The van der Waals surface area contributed by atoms with Crippen molar-refractivity contribution in [1.82, 2.24) is 19.3 Å². The van der Waals surface area contributed by atoms with E-state index in [4.69, 9.17) is 21.1 Å². The first-order valence-electron chi connectivity index (χ1n) is 6.79. The summed E-state index contributed by atoms with van der Waals surface area (Å²) in [6.07, 6.45) is -1.19. The van der Waals surface area contributed by atoms with Crippen LogP contribution in [0.5, 0.6) is 11.6 Å². The number of methoxy groups -OCH3 is 1. The molecule has 0 atom stereocenters. The number of amides is 1. The van der Waals surface area contributed by atoms with Crippen LogP contribution in [0.25, 0.3) is 5.65 Å². The van der Waals surface area contributed by atoms with Gasteiger partial charge in [0, 0.05) is 6.07 Å². The Hall–Kier alpha value is -2.85. The van der Waals surface area contributed by atoms with Crippen molar-refractivity contribution in [3.8, 4) is 11.6 Å². The van der Waals surface area contributed by atoms with Crippen LogP contribution in [0.3, 0.4) is 0 Å². The summed E-state index contributed by atoms with van der Waals surface area (Å²) in [5.74, 6) is 0.323. The third kappa shape index (κ3) is 3.49. The number of halogens is 1. The first-order valence-corrected chi connectivity index (χ1v) is 8.66. The third-order valence-electron chi connectivity index (χ3n) is 3.01. The molecule has 0 aliphatic rings. The minimum atomic E-state index is -4.39. The van der Waals surface area contributed by atoms with Gasteiger partial charge < -0.3 is 9.47 Å². The molecule has 0 aliphatic heterocycles. The highest BCUT2D eigenvalue weighted by Gasteiger charge is 2.28. The number of nitrogens with zero attached hydrogens (tertiary/aromatic N) is 3. The Morgan fingerprint density at radius 3 is 2.60 bits per heavy atom. The van der Waals surface area contributed by atoms with Gasteiger partial charge in [0.2, 0.25) is 10.9 Å². The molecule has 0 saturated heterocycles. The average Bonchev–Trinajstić information content (AvgIpc) is 2.90. The quantitative estimate of drug-likeness (QED) is 0.732. The smallest absolute Gasteiger partial charge is 0.426 e. The number of benzene rings is 1. The van der Waals surface area contributed by atoms with Crippen LogP contribution in [0, 0.1) is 0 Å². The van der Waals surface area contributed by atoms with Gasteiger partial charge in [0.1, 0.15) is 5.75 Å². The minimum Gasteiger partial charge on any atom is -0.480 e. The summed E-state index contributed by atoms with van der Waals surface area (Å²) >= 11 is 5.91. The first-order chi connectivity index (χ1) is 11.9. The van der Waals surface area contributed by atoms with Crippen LogP contribution >= 0.6 is 11.6 Å². The number of aromatic nitrogens is 3. The fourth-order valence-corrected chi connectivity index (χ4v) is 3.44. The van der Waals surface area contributed by atoms with E-state index >= 15 is 0 Å². The van der Waals surface area contributed by atoms with Gasteiger partial charge >= 0.3 is 6.09 Å². The zero-order valence-corrected chi connectivity index (χ0v) is 14.3. The SMILES string of the molecule is COc1ccc2nc(Cl)c(S(=O)(=O)NC(=O)Oc3ccccc3)n2n1. The highest BCUT2D eigenvalue weighted by atomic mass is 35.5. The number of hydrogen-bond acceptors (Lipinski definition) is 7. The fourth-order valence-electron chi connectivity index (χ4n) is 1.98. The number of sulfonamides is 1. The number of ether oxygens (including phenoxy) is 2. The summed E-state index contributed by atoms with van der Waals surface area (Å²) in [6, 6.07) is 11.0. The zero-order valence-electron chi connectivity index (χ0n) is 12.7. The molecular weight excluding hydrogens is 372 g/mol. The molecule has 3 aromatic rings. The molecule has 1 amide bonds. The monoisotopic (exact) mass is 382 g/mol. The van der Waals surface area contributed by atoms with Gasteiger partial charge in [-0.1, -0.05) is 29.8 Å². The van der Waals surface area contributed by atoms with Crippen molar-refractivity contribution in [2.24, 2.45) is 0 Å². The second-order valence-electron chi connectivity index (χ2n) is 4.66. The highest BCUT2D eigenvalue weighted by Crippen LogP contribution is 2.23. The number of imidazole rings is 1. The van der Waals surface area contributed by atoms with Crippen molar-refractivity contribution < 1.29 is 22.7 Å². The molecule has 0 aliphatic carbocycles. The van der Waals surface area contributed by atoms with E-state index in [1.165, 1.54) is 31.4 Å². The van der Waals surface area contributed by atoms with E-state index in [1.807, 2.05) is 0 Å². The van der Waals surface area contributed by atoms with Crippen molar-refractivity contribution in [3.05, 3.63) is 47.6 Å². The van der Waals surface area contributed by atoms with E-state index < -0.39 is 21.1 Å². The lowest BCUT2D eigenvalue weighted by Gasteiger charge is -2.08. The van der Waals surface area contributed by atoms with Gasteiger partial charge in [-0.25, -0.2) is 14.5 Å². The second kappa shape index (κ2) is 6.57. The summed E-state index contributed by atoms with van der Waals surface area (Å²) in [4.78, 5) is 15.7. The summed E-state index contributed by atoms with van der Waals surface area (Å²) in [5, 5.41) is 3.10. The maximum absolute atomic E-state index is 12.5.